The number of aromatic nitrogens is 1. The van der Waals surface area contributed by atoms with Crippen molar-refractivity contribution >= 4 is 12.2 Å². The summed E-state index contributed by atoms with van der Waals surface area (Å²) in [4.78, 5) is 20.5. The largest absolute Gasteiger partial charge is 0.276 e. The average Bonchev–Trinajstić information content (AvgIpc) is 2.13. The van der Waals surface area contributed by atoms with Crippen LogP contribution in [0.4, 0.5) is 5.82 Å². The first-order chi connectivity index (χ1) is 6.92. The van der Waals surface area contributed by atoms with Crippen LogP contribution >= 0.6 is 0 Å². The highest BCUT2D eigenvalue weighted by atomic mass is 16.7. The normalized spacial score (nSPS) is 11.2. The molecule has 1 rings (SSSR count). The summed E-state index contributed by atoms with van der Waals surface area (Å²) in [5, 5.41) is 1.15. The van der Waals surface area contributed by atoms with E-state index in [-0.39, 0.29) is 0 Å². The van der Waals surface area contributed by atoms with Gasteiger partial charge in [0.05, 0.1) is 5.60 Å². The van der Waals surface area contributed by atoms with Gasteiger partial charge in [0, 0.05) is 5.69 Å². The van der Waals surface area contributed by atoms with Gasteiger partial charge in [-0.05, 0) is 39.8 Å². The summed E-state index contributed by atoms with van der Waals surface area (Å²) >= 11 is 0. The van der Waals surface area contributed by atoms with Crippen molar-refractivity contribution in [3.63, 3.8) is 0 Å². The second-order valence-electron chi connectivity index (χ2n) is 4.27. The van der Waals surface area contributed by atoms with Gasteiger partial charge in [0.25, 0.3) is 0 Å². The van der Waals surface area contributed by atoms with E-state index >= 15 is 0 Å². The Morgan fingerprint density at radius 2 is 2.07 bits per heavy atom. The number of anilines is 1. The smallest absolute Gasteiger partial charge is 0.239 e. The number of hydrogen-bond donors (Lipinski definition) is 0. The predicted molar refractivity (Wildman–Crippen MR) is 58.4 cm³/mol. The molecule has 1 aromatic rings. The Bertz CT molecular complexity index is 345. The van der Waals surface area contributed by atoms with E-state index in [1.165, 1.54) is 0 Å². The number of pyridine rings is 1. The summed E-state index contributed by atoms with van der Waals surface area (Å²) < 4.78 is 0. The third-order valence-electron chi connectivity index (χ3n) is 1.57. The van der Waals surface area contributed by atoms with E-state index in [1.807, 2.05) is 39.8 Å². The molecule has 4 nitrogen and oxygen atoms in total. The number of rotatable bonds is 3. The molecule has 0 radical (unpaired) electrons. The standard InChI is InChI=1S/C11H16N2O2/c1-9-6-5-7-10(12-9)13(8-14)15-11(2,3)4/h5-8H,1-4H3. The minimum absolute atomic E-state index is 0.424. The first-order valence-electron chi connectivity index (χ1n) is 4.80. The second-order valence-corrected chi connectivity index (χ2v) is 4.27. The van der Waals surface area contributed by atoms with E-state index in [0.717, 1.165) is 10.8 Å². The molecule has 0 aliphatic heterocycles. The van der Waals surface area contributed by atoms with Crippen molar-refractivity contribution in [2.24, 2.45) is 0 Å². The molecule has 82 valence electrons. The fourth-order valence-corrected chi connectivity index (χ4v) is 1.07. The lowest BCUT2D eigenvalue weighted by molar-refractivity contribution is -0.120. The quantitative estimate of drug-likeness (QED) is 0.564. The molecule has 0 bridgehead atoms. The third-order valence-corrected chi connectivity index (χ3v) is 1.57. The van der Waals surface area contributed by atoms with Crippen molar-refractivity contribution in [1.82, 2.24) is 4.98 Å². The molecule has 0 unspecified atom stereocenters. The van der Waals surface area contributed by atoms with Gasteiger partial charge < -0.3 is 0 Å². The van der Waals surface area contributed by atoms with Gasteiger partial charge in [-0.1, -0.05) is 6.07 Å². The number of aryl methyl sites for hydroxylation is 1. The van der Waals surface area contributed by atoms with Gasteiger partial charge in [-0.15, -0.1) is 0 Å². The van der Waals surface area contributed by atoms with Gasteiger partial charge in [-0.25, -0.2) is 4.98 Å². The van der Waals surface area contributed by atoms with E-state index in [9.17, 15) is 4.79 Å². The predicted octanol–water partition coefficient (Wildman–Crippen LogP) is 2.08. The van der Waals surface area contributed by atoms with Crippen LogP contribution in [0.1, 0.15) is 26.5 Å². The van der Waals surface area contributed by atoms with Crippen molar-refractivity contribution in [2.75, 3.05) is 5.06 Å². The van der Waals surface area contributed by atoms with E-state index in [4.69, 9.17) is 4.84 Å². The number of hydrogen-bond acceptors (Lipinski definition) is 3. The molecule has 0 aromatic carbocycles. The van der Waals surface area contributed by atoms with Crippen LogP contribution in [0.3, 0.4) is 0 Å². The highest BCUT2D eigenvalue weighted by molar-refractivity contribution is 5.69. The first-order valence-corrected chi connectivity index (χ1v) is 4.80. The summed E-state index contributed by atoms with van der Waals surface area (Å²) in [6.45, 7) is 7.49. The summed E-state index contributed by atoms with van der Waals surface area (Å²) in [6.07, 6.45) is 0.618. The molecule has 0 N–H and O–H groups in total. The van der Waals surface area contributed by atoms with E-state index < -0.39 is 5.60 Å². The SMILES string of the molecule is Cc1cccc(N(C=O)OC(C)(C)C)n1. The van der Waals surface area contributed by atoms with Gasteiger partial charge >= 0.3 is 0 Å². The molecule has 0 saturated heterocycles. The molecule has 15 heavy (non-hydrogen) atoms. The molecule has 1 heterocycles. The molecule has 0 aliphatic carbocycles. The van der Waals surface area contributed by atoms with Gasteiger partial charge in [-0.2, -0.15) is 5.06 Å². The van der Waals surface area contributed by atoms with E-state index in [2.05, 4.69) is 4.98 Å². The lowest BCUT2D eigenvalue weighted by atomic mass is 10.2. The lowest BCUT2D eigenvalue weighted by Crippen LogP contribution is -2.33. The van der Waals surface area contributed by atoms with Crippen molar-refractivity contribution in [2.45, 2.75) is 33.3 Å². The second kappa shape index (κ2) is 4.40. The molecule has 0 aliphatic rings. The van der Waals surface area contributed by atoms with Crippen LogP contribution in [-0.2, 0) is 9.63 Å². The van der Waals surface area contributed by atoms with Crippen molar-refractivity contribution in [1.29, 1.82) is 0 Å². The molecular weight excluding hydrogens is 192 g/mol. The fraction of sp³-hybridized carbons (Fsp3) is 0.455. The topological polar surface area (TPSA) is 42.4 Å². The molecule has 1 amide bonds. The Morgan fingerprint density at radius 3 is 2.53 bits per heavy atom. The summed E-state index contributed by atoms with van der Waals surface area (Å²) in [5.41, 5.74) is 0.420. The number of hydroxylamine groups is 1. The Morgan fingerprint density at radius 1 is 1.40 bits per heavy atom. The Labute approximate surface area is 89.8 Å². The van der Waals surface area contributed by atoms with Crippen LogP contribution in [-0.4, -0.2) is 17.0 Å². The highest BCUT2D eigenvalue weighted by Gasteiger charge is 2.18. The van der Waals surface area contributed by atoms with Crippen molar-refractivity contribution < 1.29 is 9.63 Å². The van der Waals surface area contributed by atoms with Crippen LogP contribution in [0.15, 0.2) is 18.2 Å². The lowest BCUT2D eigenvalue weighted by Gasteiger charge is -2.25. The molecule has 0 spiro atoms. The first kappa shape index (κ1) is 11.7. The summed E-state index contributed by atoms with van der Waals surface area (Å²) in [6, 6.07) is 5.43. The summed E-state index contributed by atoms with van der Waals surface area (Å²) in [7, 11) is 0. The van der Waals surface area contributed by atoms with Crippen molar-refractivity contribution in [3.8, 4) is 0 Å². The van der Waals surface area contributed by atoms with Gasteiger partial charge in [0.1, 0.15) is 0 Å². The van der Waals surface area contributed by atoms with Crippen LogP contribution in [0, 0.1) is 6.92 Å². The minimum Gasteiger partial charge on any atom is -0.276 e. The zero-order valence-electron chi connectivity index (χ0n) is 9.52. The number of amides is 1. The van der Waals surface area contributed by atoms with Crippen molar-refractivity contribution in [3.05, 3.63) is 23.9 Å². The maximum Gasteiger partial charge on any atom is 0.239 e. The average molecular weight is 208 g/mol. The third kappa shape index (κ3) is 3.67. The van der Waals surface area contributed by atoms with E-state index in [0.29, 0.717) is 12.2 Å². The van der Waals surface area contributed by atoms with Gasteiger partial charge in [-0.3, -0.25) is 9.63 Å². The molecule has 0 atom stereocenters. The van der Waals surface area contributed by atoms with Crippen LogP contribution in [0.5, 0.6) is 0 Å². The molecule has 0 saturated carbocycles. The summed E-state index contributed by atoms with van der Waals surface area (Å²) in [5.74, 6) is 0.500. The van der Waals surface area contributed by atoms with Gasteiger partial charge in [0.15, 0.2) is 5.82 Å². The number of carbonyl (C=O) groups is 1. The minimum atomic E-state index is -0.424. The zero-order chi connectivity index (χ0) is 11.5. The number of nitrogens with zero attached hydrogens (tertiary/aromatic N) is 2. The van der Waals surface area contributed by atoms with E-state index in [1.54, 1.807) is 6.07 Å². The van der Waals surface area contributed by atoms with Crippen LogP contribution in [0.25, 0.3) is 0 Å². The highest BCUT2D eigenvalue weighted by Crippen LogP contribution is 2.16. The monoisotopic (exact) mass is 208 g/mol. The van der Waals surface area contributed by atoms with Crippen LogP contribution in [0.2, 0.25) is 0 Å². The number of carbonyl (C=O) groups excluding carboxylic acids is 1. The Balaban J connectivity index is 2.88. The molecule has 4 heteroatoms. The zero-order valence-corrected chi connectivity index (χ0v) is 9.52. The fourth-order valence-electron chi connectivity index (χ4n) is 1.07. The van der Waals surface area contributed by atoms with Gasteiger partial charge in [0.2, 0.25) is 6.41 Å². The Hall–Kier alpha value is -1.42. The Kier molecular flexibility index (Phi) is 3.42. The maximum absolute atomic E-state index is 10.9. The molecular formula is C11H16N2O2. The molecule has 0 fully saturated rings. The maximum atomic E-state index is 10.9. The molecule has 1 aromatic heterocycles. The van der Waals surface area contributed by atoms with Crippen LogP contribution < -0.4 is 5.06 Å².